The Bertz CT molecular complexity index is 1160. The van der Waals surface area contributed by atoms with Gasteiger partial charge in [-0.25, -0.2) is 9.48 Å². The fourth-order valence-corrected chi connectivity index (χ4v) is 3.35. The molecule has 0 spiro atoms. The zero-order chi connectivity index (χ0) is 21.8. The van der Waals surface area contributed by atoms with Crippen LogP contribution in [-0.2, 0) is 6.61 Å². The lowest BCUT2D eigenvalue weighted by atomic mass is 10.0. The van der Waals surface area contributed by atoms with Crippen LogP contribution in [0.1, 0.15) is 41.4 Å². The van der Waals surface area contributed by atoms with Gasteiger partial charge in [-0.2, -0.15) is 5.10 Å². The van der Waals surface area contributed by atoms with Crippen LogP contribution in [0.5, 0.6) is 5.75 Å². The van der Waals surface area contributed by atoms with E-state index < -0.39 is 5.97 Å². The largest absolute Gasteiger partial charge is 0.489 e. The Morgan fingerprint density at radius 1 is 0.968 bits per heavy atom. The van der Waals surface area contributed by atoms with Crippen molar-refractivity contribution in [2.24, 2.45) is 0 Å². The van der Waals surface area contributed by atoms with Crippen LogP contribution in [0.25, 0.3) is 16.9 Å². The third kappa shape index (κ3) is 4.67. The summed E-state index contributed by atoms with van der Waals surface area (Å²) in [4.78, 5) is 11.6. The summed E-state index contributed by atoms with van der Waals surface area (Å²) < 4.78 is 7.53. The van der Waals surface area contributed by atoms with E-state index in [0.717, 1.165) is 22.6 Å². The first-order valence-corrected chi connectivity index (χ1v) is 10.2. The predicted molar refractivity (Wildman–Crippen MR) is 121 cm³/mol. The molecule has 0 aliphatic heterocycles. The van der Waals surface area contributed by atoms with E-state index in [2.05, 4.69) is 18.9 Å². The van der Waals surface area contributed by atoms with Crippen molar-refractivity contribution in [2.45, 2.75) is 26.4 Å². The summed E-state index contributed by atoms with van der Waals surface area (Å²) in [6.45, 7) is 4.76. The summed E-state index contributed by atoms with van der Waals surface area (Å²) in [6.07, 6.45) is 0. The second-order valence-corrected chi connectivity index (χ2v) is 7.68. The van der Waals surface area contributed by atoms with Crippen molar-refractivity contribution < 1.29 is 14.6 Å². The second-order valence-electron chi connectivity index (χ2n) is 7.68. The summed E-state index contributed by atoms with van der Waals surface area (Å²) in [5.74, 6) is 0.115. The van der Waals surface area contributed by atoms with E-state index in [1.807, 2.05) is 78.9 Å². The summed E-state index contributed by atoms with van der Waals surface area (Å²) in [7, 11) is 0. The van der Waals surface area contributed by atoms with Gasteiger partial charge in [0.2, 0.25) is 0 Å². The number of nitrogens with zero attached hydrogens (tertiary/aromatic N) is 2. The molecule has 4 aromatic rings. The minimum absolute atomic E-state index is 0.00680. The number of carbonyl (C=O) groups is 1. The van der Waals surface area contributed by atoms with E-state index in [1.54, 1.807) is 10.7 Å². The van der Waals surface area contributed by atoms with Crippen LogP contribution >= 0.6 is 0 Å². The summed E-state index contributed by atoms with van der Waals surface area (Å²) in [6, 6.07) is 27.2. The van der Waals surface area contributed by atoms with Gasteiger partial charge in [0.25, 0.3) is 0 Å². The molecular formula is C26H24N2O3. The molecule has 156 valence electrons. The normalized spacial score (nSPS) is 10.9. The molecule has 1 heterocycles. The predicted octanol–water partition coefficient (Wildman–Crippen LogP) is 5.94. The standard InChI is InChI=1S/C26H24N2O3/c1-18(2)20-8-12-22(13-9-20)28-25(16-24(27-28)26(29)30)21-10-14-23(15-11-21)31-17-19-6-4-3-5-7-19/h3-16,18H,17H2,1-2H3,(H,29,30). The molecule has 0 bridgehead atoms. The summed E-state index contributed by atoms with van der Waals surface area (Å²) in [5.41, 5.74) is 4.71. The number of rotatable bonds is 7. The van der Waals surface area contributed by atoms with Crippen molar-refractivity contribution in [1.29, 1.82) is 0 Å². The lowest BCUT2D eigenvalue weighted by Gasteiger charge is -2.11. The molecule has 0 radical (unpaired) electrons. The van der Waals surface area contributed by atoms with Crippen molar-refractivity contribution in [2.75, 3.05) is 0 Å². The van der Waals surface area contributed by atoms with Gasteiger partial charge in [0, 0.05) is 5.56 Å². The van der Waals surface area contributed by atoms with Gasteiger partial charge in [-0.3, -0.25) is 0 Å². The molecule has 0 atom stereocenters. The zero-order valence-electron chi connectivity index (χ0n) is 17.5. The third-order valence-corrected chi connectivity index (χ3v) is 5.13. The molecule has 3 aromatic carbocycles. The van der Waals surface area contributed by atoms with Crippen molar-refractivity contribution in [3.05, 3.63) is 102 Å². The first-order chi connectivity index (χ1) is 15.0. The van der Waals surface area contributed by atoms with Crippen LogP contribution in [0, 0.1) is 0 Å². The molecule has 5 heteroatoms. The SMILES string of the molecule is CC(C)c1ccc(-n2nc(C(=O)O)cc2-c2ccc(OCc3ccccc3)cc2)cc1. The topological polar surface area (TPSA) is 64.4 Å². The number of carboxylic acid groups (broad SMARTS) is 1. The van der Waals surface area contributed by atoms with Crippen molar-refractivity contribution >= 4 is 5.97 Å². The van der Waals surface area contributed by atoms with Gasteiger partial charge in [0.1, 0.15) is 12.4 Å². The van der Waals surface area contributed by atoms with Gasteiger partial charge < -0.3 is 9.84 Å². The van der Waals surface area contributed by atoms with E-state index in [4.69, 9.17) is 4.74 Å². The summed E-state index contributed by atoms with van der Waals surface area (Å²) in [5, 5.41) is 13.8. The van der Waals surface area contributed by atoms with Crippen LogP contribution in [-0.4, -0.2) is 20.9 Å². The average molecular weight is 412 g/mol. The first-order valence-electron chi connectivity index (χ1n) is 10.2. The smallest absolute Gasteiger partial charge is 0.356 e. The Morgan fingerprint density at radius 2 is 1.65 bits per heavy atom. The van der Waals surface area contributed by atoms with Gasteiger partial charge in [-0.1, -0.05) is 56.3 Å². The minimum Gasteiger partial charge on any atom is -0.489 e. The highest BCUT2D eigenvalue weighted by molar-refractivity contribution is 5.87. The molecule has 0 aliphatic rings. The van der Waals surface area contributed by atoms with Gasteiger partial charge in [-0.05, 0) is 59.5 Å². The number of carboxylic acids is 1. The number of aromatic nitrogens is 2. The van der Waals surface area contributed by atoms with Crippen LogP contribution in [0.2, 0.25) is 0 Å². The molecule has 1 aromatic heterocycles. The quantitative estimate of drug-likeness (QED) is 0.408. The number of aromatic carboxylic acids is 1. The van der Waals surface area contributed by atoms with E-state index >= 15 is 0 Å². The van der Waals surface area contributed by atoms with Gasteiger partial charge in [0.05, 0.1) is 11.4 Å². The lowest BCUT2D eigenvalue weighted by Crippen LogP contribution is -2.02. The monoisotopic (exact) mass is 412 g/mol. The van der Waals surface area contributed by atoms with Gasteiger partial charge in [-0.15, -0.1) is 0 Å². The fraction of sp³-hybridized carbons (Fsp3) is 0.154. The Morgan fingerprint density at radius 3 is 2.26 bits per heavy atom. The molecule has 0 aliphatic carbocycles. The van der Waals surface area contributed by atoms with Crippen LogP contribution in [0.3, 0.4) is 0 Å². The maximum absolute atomic E-state index is 11.6. The Balaban J connectivity index is 1.61. The van der Waals surface area contributed by atoms with E-state index in [1.165, 1.54) is 5.56 Å². The van der Waals surface area contributed by atoms with E-state index in [-0.39, 0.29) is 5.69 Å². The molecule has 5 nitrogen and oxygen atoms in total. The van der Waals surface area contributed by atoms with Gasteiger partial charge >= 0.3 is 5.97 Å². The van der Waals surface area contributed by atoms with Crippen LogP contribution in [0.15, 0.2) is 84.9 Å². The average Bonchev–Trinajstić information content (AvgIpc) is 3.25. The number of hydrogen-bond acceptors (Lipinski definition) is 3. The highest BCUT2D eigenvalue weighted by atomic mass is 16.5. The third-order valence-electron chi connectivity index (χ3n) is 5.13. The minimum atomic E-state index is -1.05. The van der Waals surface area contributed by atoms with E-state index in [9.17, 15) is 9.90 Å². The zero-order valence-corrected chi connectivity index (χ0v) is 17.5. The Labute approximate surface area is 181 Å². The number of ether oxygens (including phenoxy) is 1. The Hall–Kier alpha value is -3.86. The summed E-state index contributed by atoms with van der Waals surface area (Å²) >= 11 is 0. The second kappa shape index (κ2) is 8.88. The fourth-order valence-electron chi connectivity index (χ4n) is 3.35. The number of hydrogen-bond donors (Lipinski definition) is 1. The lowest BCUT2D eigenvalue weighted by molar-refractivity contribution is 0.0690. The van der Waals surface area contributed by atoms with Crippen LogP contribution in [0.4, 0.5) is 0 Å². The highest BCUT2D eigenvalue weighted by Gasteiger charge is 2.16. The molecule has 4 rings (SSSR count). The van der Waals surface area contributed by atoms with E-state index in [0.29, 0.717) is 18.2 Å². The Kier molecular flexibility index (Phi) is 5.85. The maximum atomic E-state index is 11.6. The maximum Gasteiger partial charge on any atom is 0.356 e. The molecule has 0 unspecified atom stereocenters. The molecule has 0 amide bonds. The van der Waals surface area contributed by atoms with Crippen molar-refractivity contribution in [3.8, 4) is 22.7 Å². The molecule has 31 heavy (non-hydrogen) atoms. The molecular weight excluding hydrogens is 388 g/mol. The van der Waals surface area contributed by atoms with Crippen molar-refractivity contribution in [1.82, 2.24) is 9.78 Å². The molecule has 0 saturated carbocycles. The van der Waals surface area contributed by atoms with Crippen molar-refractivity contribution in [3.63, 3.8) is 0 Å². The molecule has 1 N–H and O–H groups in total. The molecule has 0 fully saturated rings. The first kappa shape index (κ1) is 20.4. The number of benzene rings is 3. The van der Waals surface area contributed by atoms with Crippen LogP contribution < -0.4 is 4.74 Å². The molecule has 0 saturated heterocycles. The highest BCUT2D eigenvalue weighted by Crippen LogP contribution is 2.27. The van der Waals surface area contributed by atoms with Gasteiger partial charge in [0.15, 0.2) is 5.69 Å².